The third-order valence-corrected chi connectivity index (χ3v) is 2.90. The molecule has 1 aromatic heterocycles. The maximum absolute atomic E-state index is 12.2. The quantitative estimate of drug-likeness (QED) is 0.811. The van der Waals surface area contributed by atoms with Crippen molar-refractivity contribution in [2.45, 2.75) is 13.0 Å². The van der Waals surface area contributed by atoms with E-state index >= 15 is 0 Å². The maximum Gasteiger partial charge on any atom is 0.328 e. The van der Waals surface area contributed by atoms with Crippen LogP contribution in [-0.4, -0.2) is 30.0 Å². The van der Waals surface area contributed by atoms with Crippen LogP contribution in [0.3, 0.4) is 0 Å². The third-order valence-electron chi connectivity index (χ3n) is 2.90. The summed E-state index contributed by atoms with van der Waals surface area (Å²) in [5.74, 6) is -1.04. The van der Waals surface area contributed by atoms with Gasteiger partial charge in [0.25, 0.3) is 5.91 Å². The normalized spacial score (nSPS) is 11.9. The summed E-state index contributed by atoms with van der Waals surface area (Å²) in [7, 11) is 1.24. The molecule has 0 fully saturated rings. The molecule has 6 nitrogen and oxygen atoms in total. The Morgan fingerprint density at radius 2 is 2.00 bits per heavy atom. The van der Waals surface area contributed by atoms with Crippen LogP contribution >= 0.6 is 0 Å². The monoisotopic (exact) mass is 274 g/mol. The van der Waals surface area contributed by atoms with E-state index in [4.69, 9.17) is 0 Å². The lowest BCUT2D eigenvalue weighted by Gasteiger charge is -2.12. The van der Waals surface area contributed by atoms with Gasteiger partial charge in [-0.25, -0.2) is 4.79 Å². The van der Waals surface area contributed by atoms with Gasteiger partial charge >= 0.3 is 5.97 Å². The molecule has 1 unspecified atom stereocenters. The fourth-order valence-electron chi connectivity index (χ4n) is 1.90. The average molecular weight is 274 g/mol. The van der Waals surface area contributed by atoms with Gasteiger partial charge in [0.05, 0.1) is 12.7 Å². The standard InChI is InChI=1S/C14H14N2O4/c1-8(14(19)20-2)15-13(18)10-7-12(17)16-11-6-4-3-5-9(10)11/h3-8H,1-2H3,(H,15,18)(H,16,17). The summed E-state index contributed by atoms with van der Waals surface area (Å²) in [5, 5.41) is 3.11. The van der Waals surface area contributed by atoms with Gasteiger partial charge < -0.3 is 15.0 Å². The number of benzene rings is 1. The molecule has 2 rings (SSSR count). The van der Waals surface area contributed by atoms with Crippen LogP contribution in [0.4, 0.5) is 0 Å². The summed E-state index contributed by atoms with van der Waals surface area (Å²) in [5.41, 5.74) is 0.413. The molecule has 1 aromatic carbocycles. The van der Waals surface area contributed by atoms with Crippen LogP contribution in [0.2, 0.25) is 0 Å². The number of para-hydroxylation sites is 1. The number of carbonyl (C=O) groups excluding carboxylic acids is 2. The van der Waals surface area contributed by atoms with Crippen LogP contribution in [0.25, 0.3) is 10.9 Å². The van der Waals surface area contributed by atoms with Crippen molar-refractivity contribution >= 4 is 22.8 Å². The first-order valence-electron chi connectivity index (χ1n) is 6.03. The van der Waals surface area contributed by atoms with E-state index in [9.17, 15) is 14.4 Å². The molecule has 0 saturated carbocycles. The molecule has 0 saturated heterocycles. The predicted octanol–water partition coefficient (Wildman–Crippen LogP) is 0.819. The molecular formula is C14H14N2O4. The van der Waals surface area contributed by atoms with Gasteiger partial charge in [-0.15, -0.1) is 0 Å². The predicted molar refractivity (Wildman–Crippen MR) is 73.5 cm³/mol. The first kappa shape index (κ1) is 13.8. The highest BCUT2D eigenvalue weighted by Crippen LogP contribution is 2.14. The summed E-state index contributed by atoms with van der Waals surface area (Å²) in [4.78, 5) is 37.7. The van der Waals surface area contributed by atoms with Crippen LogP contribution in [-0.2, 0) is 9.53 Å². The zero-order valence-electron chi connectivity index (χ0n) is 11.1. The van der Waals surface area contributed by atoms with Gasteiger partial charge in [0, 0.05) is 17.0 Å². The molecule has 0 spiro atoms. The average Bonchev–Trinajstić information content (AvgIpc) is 2.45. The van der Waals surface area contributed by atoms with E-state index in [0.717, 1.165) is 0 Å². The summed E-state index contributed by atoms with van der Waals surface area (Å²) in [6.45, 7) is 1.51. The van der Waals surface area contributed by atoms with E-state index in [1.165, 1.54) is 20.1 Å². The molecule has 20 heavy (non-hydrogen) atoms. The molecule has 0 aliphatic rings. The smallest absolute Gasteiger partial charge is 0.328 e. The molecule has 2 aromatic rings. The van der Waals surface area contributed by atoms with E-state index in [1.54, 1.807) is 24.3 Å². The van der Waals surface area contributed by atoms with Crippen LogP contribution in [0.15, 0.2) is 35.1 Å². The van der Waals surface area contributed by atoms with Crippen molar-refractivity contribution in [2.24, 2.45) is 0 Å². The van der Waals surface area contributed by atoms with Crippen molar-refractivity contribution in [3.63, 3.8) is 0 Å². The molecule has 6 heteroatoms. The molecule has 0 aliphatic carbocycles. The second kappa shape index (κ2) is 5.56. The number of aromatic amines is 1. The molecule has 2 N–H and O–H groups in total. The second-order valence-electron chi connectivity index (χ2n) is 4.31. The lowest BCUT2D eigenvalue weighted by molar-refractivity contribution is -0.142. The molecule has 1 atom stereocenters. The Balaban J connectivity index is 2.40. The number of esters is 1. The second-order valence-corrected chi connectivity index (χ2v) is 4.31. The maximum atomic E-state index is 12.2. The zero-order valence-corrected chi connectivity index (χ0v) is 11.1. The van der Waals surface area contributed by atoms with E-state index < -0.39 is 17.9 Å². The van der Waals surface area contributed by atoms with Crippen LogP contribution in [0.1, 0.15) is 17.3 Å². The number of aromatic nitrogens is 1. The van der Waals surface area contributed by atoms with Crippen molar-refractivity contribution in [2.75, 3.05) is 7.11 Å². The van der Waals surface area contributed by atoms with Gasteiger partial charge in [0.2, 0.25) is 5.56 Å². The minimum Gasteiger partial charge on any atom is -0.467 e. The number of ether oxygens (including phenoxy) is 1. The molecule has 0 bridgehead atoms. The van der Waals surface area contributed by atoms with Gasteiger partial charge in [-0.05, 0) is 13.0 Å². The van der Waals surface area contributed by atoms with E-state index in [1.807, 2.05) is 0 Å². The van der Waals surface area contributed by atoms with Gasteiger partial charge in [-0.1, -0.05) is 18.2 Å². The minimum atomic E-state index is -0.787. The number of fused-ring (bicyclic) bond motifs is 1. The number of amides is 1. The van der Waals surface area contributed by atoms with Crippen molar-refractivity contribution in [3.05, 3.63) is 46.2 Å². The van der Waals surface area contributed by atoms with Gasteiger partial charge in [-0.2, -0.15) is 0 Å². The summed E-state index contributed by atoms with van der Waals surface area (Å²) in [6, 6.07) is 7.38. The fourth-order valence-corrected chi connectivity index (χ4v) is 1.90. The molecule has 0 radical (unpaired) electrons. The highest BCUT2D eigenvalue weighted by Gasteiger charge is 2.18. The summed E-state index contributed by atoms with van der Waals surface area (Å²) >= 11 is 0. The van der Waals surface area contributed by atoms with E-state index in [0.29, 0.717) is 10.9 Å². The van der Waals surface area contributed by atoms with Crippen molar-refractivity contribution < 1.29 is 14.3 Å². The Labute approximate surface area is 114 Å². The van der Waals surface area contributed by atoms with Crippen LogP contribution in [0.5, 0.6) is 0 Å². The Hall–Kier alpha value is -2.63. The first-order chi connectivity index (χ1) is 9.52. The number of rotatable bonds is 3. The number of H-pyrrole nitrogens is 1. The van der Waals surface area contributed by atoms with Crippen molar-refractivity contribution in [1.82, 2.24) is 10.3 Å². The van der Waals surface area contributed by atoms with Crippen LogP contribution in [0, 0.1) is 0 Å². The Morgan fingerprint density at radius 1 is 1.30 bits per heavy atom. The number of hydrogen-bond acceptors (Lipinski definition) is 4. The number of methoxy groups -OCH3 is 1. The highest BCUT2D eigenvalue weighted by molar-refractivity contribution is 6.06. The van der Waals surface area contributed by atoms with Crippen LogP contribution < -0.4 is 10.9 Å². The Morgan fingerprint density at radius 3 is 2.70 bits per heavy atom. The molecular weight excluding hydrogens is 260 g/mol. The SMILES string of the molecule is COC(=O)C(C)NC(=O)c1cc(=O)[nH]c2ccccc12. The lowest BCUT2D eigenvalue weighted by atomic mass is 10.1. The number of nitrogens with one attached hydrogen (secondary N) is 2. The largest absolute Gasteiger partial charge is 0.467 e. The lowest BCUT2D eigenvalue weighted by Crippen LogP contribution is -2.39. The van der Waals surface area contributed by atoms with Crippen molar-refractivity contribution in [3.8, 4) is 0 Å². The summed E-state index contributed by atoms with van der Waals surface area (Å²) < 4.78 is 4.54. The van der Waals surface area contributed by atoms with Gasteiger partial charge in [-0.3, -0.25) is 9.59 Å². The minimum absolute atomic E-state index is 0.222. The zero-order chi connectivity index (χ0) is 14.7. The van der Waals surface area contributed by atoms with Gasteiger partial charge in [0.1, 0.15) is 6.04 Å². The van der Waals surface area contributed by atoms with Gasteiger partial charge in [0.15, 0.2) is 0 Å². The Kier molecular flexibility index (Phi) is 3.84. The molecule has 104 valence electrons. The van der Waals surface area contributed by atoms with E-state index in [-0.39, 0.29) is 11.1 Å². The molecule has 1 amide bonds. The highest BCUT2D eigenvalue weighted by atomic mass is 16.5. The summed E-state index contributed by atoms with van der Waals surface area (Å²) in [6.07, 6.45) is 0. The van der Waals surface area contributed by atoms with Crippen molar-refractivity contribution in [1.29, 1.82) is 0 Å². The number of hydrogen-bond donors (Lipinski definition) is 2. The Bertz CT molecular complexity index is 720. The first-order valence-corrected chi connectivity index (χ1v) is 6.03. The third kappa shape index (κ3) is 2.69. The number of carbonyl (C=O) groups is 2. The molecule has 1 heterocycles. The number of pyridine rings is 1. The molecule has 0 aliphatic heterocycles. The fraction of sp³-hybridized carbons (Fsp3) is 0.214. The topological polar surface area (TPSA) is 88.3 Å². The van der Waals surface area contributed by atoms with E-state index in [2.05, 4.69) is 15.0 Å².